The van der Waals surface area contributed by atoms with E-state index >= 15 is 0 Å². The van der Waals surface area contributed by atoms with Gasteiger partial charge in [0.25, 0.3) is 0 Å². The summed E-state index contributed by atoms with van der Waals surface area (Å²) in [5.41, 5.74) is 1.15. The molecular formula is C16H25N3O2. The molecule has 0 amide bonds. The van der Waals surface area contributed by atoms with Gasteiger partial charge in [0, 0.05) is 30.9 Å². The summed E-state index contributed by atoms with van der Waals surface area (Å²) >= 11 is 0. The molecule has 1 saturated carbocycles. The summed E-state index contributed by atoms with van der Waals surface area (Å²) in [6, 6.07) is 2.04. The summed E-state index contributed by atoms with van der Waals surface area (Å²) in [5, 5.41) is 10.1. The Morgan fingerprint density at radius 2 is 2.05 bits per heavy atom. The maximum Gasteiger partial charge on any atom is 0.225 e. The van der Waals surface area contributed by atoms with Gasteiger partial charge in [0.2, 0.25) is 5.95 Å². The molecule has 3 rings (SSSR count). The second-order valence-electron chi connectivity index (χ2n) is 6.46. The van der Waals surface area contributed by atoms with Crippen molar-refractivity contribution in [2.75, 3.05) is 18.0 Å². The first kappa shape index (κ1) is 14.7. The van der Waals surface area contributed by atoms with Crippen LogP contribution in [0.2, 0.25) is 0 Å². The fourth-order valence-corrected chi connectivity index (χ4v) is 3.37. The number of aliphatic hydroxyl groups excluding tert-OH is 1. The Morgan fingerprint density at radius 3 is 2.76 bits per heavy atom. The molecule has 0 aromatic carbocycles. The third kappa shape index (κ3) is 3.35. The zero-order chi connectivity index (χ0) is 14.8. The van der Waals surface area contributed by atoms with Crippen LogP contribution in [0.15, 0.2) is 12.3 Å². The third-order valence-electron chi connectivity index (χ3n) is 4.40. The van der Waals surface area contributed by atoms with Crippen LogP contribution in [0.5, 0.6) is 0 Å². The van der Waals surface area contributed by atoms with Gasteiger partial charge < -0.3 is 14.7 Å². The highest BCUT2D eigenvalue weighted by molar-refractivity contribution is 5.34. The molecule has 2 fully saturated rings. The highest BCUT2D eigenvalue weighted by Crippen LogP contribution is 2.33. The van der Waals surface area contributed by atoms with Gasteiger partial charge in [0.1, 0.15) is 6.10 Å². The SMILES string of the molecule is CC(C)O[C@@H]1CN(c2nccc(C3CCCC3)n2)C[C@H]1O. The first-order chi connectivity index (χ1) is 10.1. The maximum atomic E-state index is 10.1. The molecule has 21 heavy (non-hydrogen) atoms. The molecule has 1 saturated heterocycles. The molecule has 2 atom stereocenters. The minimum absolute atomic E-state index is 0.121. The number of hydrogen-bond donors (Lipinski definition) is 1. The van der Waals surface area contributed by atoms with Crippen LogP contribution in [-0.2, 0) is 4.74 Å². The first-order valence-electron chi connectivity index (χ1n) is 8.05. The number of nitrogens with zero attached hydrogens (tertiary/aromatic N) is 3. The quantitative estimate of drug-likeness (QED) is 0.920. The van der Waals surface area contributed by atoms with E-state index in [4.69, 9.17) is 9.72 Å². The van der Waals surface area contributed by atoms with Crippen molar-refractivity contribution in [1.82, 2.24) is 9.97 Å². The highest BCUT2D eigenvalue weighted by atomic mass is 16.5. The van der Waals surface area contributed by atoms with Crippen LogP contribution in [0.4, 0.5) is 5.95 Å². The van der Waals surface area contributed by atoms with E-state index in [1.165, 1.54) is 25.7 Å². The van der Waals surface area contributed by atoms with E-state index in [1.807, 2.05) is 31.0 Å². The summed E-state index contributed by atoms with van der Waals surface area (Å²) in [5.74, 6) is 1.32. The van der Waals surface area contributed by atoms with Crippen molar-refractivity contribution in [3.8, 4) is 0 Å². The van der Waals surface area contributed by atoms with Gasteiger partial charge in [-0.3, -0.25) is 0 Å². The number of β-amino-alcohol motifs (C(OH)–C–C–N with tert-alkyl or cyclic N) is 1. The Hall–Kier alpha value is -1.20. The van der Waals surface area contributed by atoms with Gasteiger partial charge in [-0.25, -0.2) is 9.97 Å². The van der Waals surface area contributed by atoms with Crippen molar-refractivity contribution in [3.63, 3.8) is 0 Å². The van der Waals surface area contributed by atoms with Crippen LogP contribution < -0.4 is 4.90 Å². The summed E-state index contributed by atoms with van der Waals surface area (Å²) in [7, 11) is 0. The minimum Gasteiger partial charge on any atom is -0.388 e. The molecule has 1 aromatic heterocycles. The minimum atomic E-state index is -0.467. The van der Waals surface area contributed by atoms with Gasteiger partial charge in [-0.1, -0.05) is 12.8 Å². The zero-order valence-corrected chi connectivity index (χ0v) is 12.9. The topological polar surface area (TPSA) is 58.5 Å². The van der Waals surface area contributed by atoms with Crippen molar-refractivity contribution in [2.45, 2.75) is 63.8 Å². The maximum absolute atomic E-state index is 10.1. The largest absolute Gasteiger partial charge is 0.388 e. The molecule has 116 valence electrons. The Kier molecular flexibility index (Phi) is 4.40. The monoisotopic (exact) mass is 291 g/mol. The Bertz CT molecular complexity index is 474. The van der Waals surface area contributed by atoms with E-state index in [9.17, 15) is 5.11 Å². The molecule has 5 nitrogen and oxygen atoms in total. The number of rotatable bonds is 4. The van der Waals surface area contributed by atoms with E-state index in [0.29, 0.717) is 19.0 Å². The predicted octanol–water partition coefficient (Wildman–Crippen LogP) is 2.11. The van der Waals surface area contributed by atoms with Gasteiger partial charge in [-0.15, -0.1) is 0 Å². The lowest BCUT2D eigenvalue weighted by molar-refractivity contribution is -0.0386. The molecule has 1 aliphatic heterocycles. The van der Waals surface area contributed by atoms with Crippen LogP contribution >= 0.6 is 0 Å². The van der Waals surface area contributed by atoms with Crippen molar-refractivity contribution in [1.29, 1.82) is 0 Å². The zero-order valence-electron chi connectivity index (χ0n) is 12.9. The molecule has 5 heteroatoms. The van der Waals surface area contributed by atoms with E-state index in [2.05, 4.69) is 4.98 Å². The molecule has 0 radical (unpaired) electrons. The van der Waals surface area contributed by atoms with Crippen LogP contribution in [0.1, 0.15) is 51.1 Å². The van der Waals surface area contributed by atoms with Gasteiger partial charge >= 0.3 is 0 Å². The Balaban J connectivity index is 1.71. The fourth-order valence-electron chi connectivity index (χ4n) is 3.37. The summed E-state index contributed by atoms with van der Waals surface area (Å²) in [6.45, 7) is 5.19. The molecule has 1 aliphatic carbocycles. The lowest BCUT2D eigenvalue weighted by Crippen LogP contribution is -2.29. The molecule has 1 N–H and O–H groups in total. The average Bonchev–Trinajstić information content (AvgIpc) is 3.09. The molecular weight excluding hydrogens is 266 g/mol. The van der Waals surface area contributed by atoms with E-state index in [-0.39, 0.29) is 12.2 Å². The molecule has 0 spiro atoms. The molecule has 0 bridgehead atoms. The van der Waals surface area contributed by atoms with Crippen LogP contribution in [0.3, 0.4) is 0 Å². The summed E-state index contributed by atoms with van der Waals surface area (Å²) in [4.78, 5) is 11.2. The number of ether oxygens (including phenoxy) is 1. The molecule has 2 aliphatic rings. The van der Waals surface area contributed by atoms with Crippen molar-refractivity contribution in [2.24, 2.45) is 0 Å². The summed E-state index contributed by atoms with van der Waals surface area (Å²) in [6.07, 6.45) is 6.42. The van der Waals surface area contributed by atoms with E-state index < -0.39 is 6.10 Å². The number of aliphatic hydroxyl groups is 1. The highest BCUT2D eigenvalue weighted by Gasteiger charge is 2.34. The second kappa shape index (κ2) is 6.28. The van der Waals surface area contributed by atoms with Gasteiger partial charge in [-0.2, -0.15) is 0 Å². The van der Waals surface area contributed by atoms with E-state index in [1.54, 1.807) is 0 Å². The van der Waals surface area contributed by atoms with Crippen LogP contribution in [-0.4, -0.2) is 46.5 Å². The standard InChI is InChI=1S/C16H25N3O2/c1-11(2)21-15-10-19(9-14(15)20)16-17-8-7-13(18-16)12-5-3-4-6-12/h7-8,11-12,14-15,20H,3-6,9-10H2,1-2H3/t14-,15-/m1/s1. The number of anilines is 1. The molecule has 1 aromatic rings. The van der Waals surface area contributed by atoms with Crippen LogP contribution in [0.25, 0.3) is 0 Å². The predicted molar refractivity (Wildman–Crippen MR) is 81.5 cm³/mol. The normalized spacial score (nSPS) is 27.0. The molecule has 2 heterocycles. The van der Waals surface area contributed by atoms with Crippen molar-refractivity contribution in [3.05, 3.63) is 18.0 Å². The number of hydrogen-bond acceptors (Lipinski definition) is 5. The lowest BCUT2D eigenvalue weighted by atomic mass is 10.0. The van der Waals surface area contributed by atoms with Crippen molar-refractivity contribution >= 4 is 5.95 Å². The number of aromatic nitrogens is 2. The smallest absolute Gasteiger partial charge is 0.225 e. The Labute approximate surface area is 126 Å². The van der Waals surface area contributed by atoms with Gasteiger partial charge in [0.05, 0.1) is 12.2 Å². The molecule has 0 unspecified atom stereocenters. The summed E-state index contributed by atoms with van der Waals surface area (Å²) < 4.78 is 5.76. The van der Waals surface area contributed by atoms with Gasteiger partial charge in [0.15, 0.2) is 0 Å². The van der Waals surface area contributed by atoms with E-state index in [0.717, 1.165) is 11.6 Å². The average molecular weight is 291 g/mol. The first-order valence-corrected chi connectivity index (χ1v) is 8.05. The lowest BCUT2D eigenvalue weighted by Gasteiger charge is -2.19. The fraction of sp³-hybridized carbons (Fsp3) is 0.750. The van der Waals surface area contributed by atoms with Crippen molar-refractivity contribution < 1.29 is 9.84 Å². The third-order valence-corrected chi connectivity index (χ3v) is 4.40. The Morgan fingerprint density at radius 1 is 1.29 bits per heavy atom. The van der Waals surface area contributed by atoms with Crippen LogP contribution in [0, 0.1) is 0 Å². The second-order valence-corrected chi connectivity index (χ2v) is 6.46. The van der Waals surface area contributed by atoms with Gasteiger partial charge in [-0.05, 0) is 32.8 Å².